The third kappa shape index (κ3) is 3.14. The number of aliphatic hydroxyl groups excluding tert-OH is 1. The van der Waals surface area contributed by atoms with Crippen molar-refractivity contribution >= 4 is 5.91 Å². The Kier molecular flexibility index (Phi) is 4.56. The minimum Gasteiger partial charge on any atom is -0.396 e. The summed E-state index contributed by atoms with van der Waals surface area (Å²) in [6, 6.07) is 9.44. The van der Waals surface area contributed by atoms with Crippen LogP contribution < -0.4 is 5.73 Å². The highest BCUT2D eigenvalue weighted by Crippen LogP contribution is 2.24. The number of aliphatic hydroxyl groups is 1. The van der Waals surface area contributed by atoms with E-state index in [-0.39, 0.29) is 30.4 Å². The molecule has 0 spiro atoms. The van der Waals surface area contributed by atoms with Gasteiger partial charge in [0.2, 0.25) is 5.91 Å². The fourth-order valence-electron chi connectivity index (χ4n) is 2.59. The number of rotatable bonds is 4. The van der Waals surface area contributed by atoms with Gasteiger partial charge in [0.05, 0.1) is 5.92 Å². The Morgan fingerprint density at radius 3 is 2.74 bits per heavy atom. The molecular formula is C15H22N2O2. The van der Waals surface area contributed by atoms with Crippen LogP contribution >= 0.6 is 0 Å². The third-order valence-electron chi connectivity index (χ3n) is 3.97. The number of carbonyl (C=O) groups is 1. The first kappa shape index (κ1) is 14.0. The van der Waals surface area contributed by atoms with Crippen molar-refractivity contribution in [2.24, 2.45) is 17.6 Å². The maximum absolute atomic E-state index is 12.4. The summed E-state index contributed by atoms with van der Waals surface area (Å²) in [6.07, 6.45) is 0.884. The summed E-state index contributed by atoms with van der Waals surface area (Å²) < 4.78 is 0. The van der Waals surface area contributed by atoms with E-state index in [0.717, 1.165) is 18.5 Å². The second kappa shape index (κ2) is 6.17. The Balaban J connectivity index is 1.99. The summed E-state index contributed by atoms with van der Waals surface area (Å²) in [5.74, 6) is 0.0799. The van der Waals surface area contributed by atoms with E-state index in [1.807, 2.05) is 42.2 Å². The second-order valence-corrected chi connectivity index (χ2v) is 5.35. The molecule has 104 valence electrons. The monoisotopic (exact) mass is 262 g/mol. The van der Waals surface area contributed by atoms with Gasteiger partial charge in [0, 0.05) is 31.7 Å². The molecule has 4 heteroatoms. The molecule has 1 amide bonds. The van der Waals surface area contributed by atoms with Gasteiger partial charge in [-0.2, -0.15) is 0 Å². The summed E-state index contributed by atoms with van der Waals surface area (Å²) in [4.78, 5) is 14.2. The Morgan fingerprint density at radius 1 is 1.47 bits per heavy atom. The molecule has 0 radical (unpaired) electrons. The van der Waals surface area contributed by atoms with Crippen molar-refractivity contribution in [3.05, 3.63) is 35.9 Å². The van der Waals surface area contributed by atoms with Gasteiger partial charge in [-0.3, -0.25) is 4.79 Å². The van der Waals surface area contributed by atoms with E-state index in [1.54, 1.807) is 0 Å². The molecule has 0 aromatic heterocycles. The van der Waals surface area contributed by atoms with Crippen LogP contribution in [0.1, 0.15) is 24.9 Å². The van der Waals surface area contributed by atoms with Gasteiger partial charge >= 0.3 is 0 Å². The molecule has 1 heterocycles. The third-order valence-corrected chi connectivity index (χ3v) is 3.97. The van der Waals surface area contributed by atoms with Crippen LogP contribution in [0, 0.1) is 11.8 Å². The molecule has 19 heavy (non-hydrogen) atoms. The quantitative estimate of drug-likeness (QED) is 0.856. The van der Waals surface area contributed by atoms with Crippen molar-refractivity contribution in [3.63, 3.8) is 0 Å². The molecule has 1 aliphatic heterocycles. The van der Waals surface area contributed by atoms with Gasteiger partial charge in [-0.25, -0.2) is 0 Å². The fourth-order valence-corrected chi connectivity index (χ4v) is 2.59. The predicted molar refractivity (Wildman–Crippen MR) is 74.3 cm³/mol. The highest BCUT2D eigenvalue weighted by Gasteiger charge is 2.31. The van der Waals surface area contributed by atoms with E-state index in [2.05, 4.69) is 0 Å². The van der Waals surface area contributed by atoms with Gasteiger partial charge < -0.3 is 15.7 Å². The van der Waals surface area contributed by atoms with Crippen molar-refractivity contribution in [2.45, 2.75) is 19.4 Å². The summed E-state index contributed by atoms with van der Waals surface area (Å²) >= 11 is 0. The molecule has 1 aromatic rings. The van der Waals surface area contributed by atoms with Crippen LogP contribution in [-0.2, 0) is 4.79 Å². The zero-order chi connectivity index (χ0) is 13.8. The number of benzene rings is 1. The van der Waals surface area contributed by atoms with Gasteiger partial charge in [0.25, 0.3) is 0 Å². The number of likely N-dealkylation sites (tertiary alicyclic amines) is 1. The van der Waals surface area contributed by atoms with Gasteiger partial charge in [-0.1, -0.05) is 37.3 Å². The van der Waals surface area contributed by atoms with Gasteiger partial charge in [-0.05, 0) is 12.0 Å². The average molecular weight is 262 g/mol. The fraction of sp³-hybridized carbons (Fsp3) is 0.533. The number of nitrogens with two attached hydrogens (primary N) is 1. The Bertz CT molecular complexity index is 421. The molecule has 0 saturated carbocycles. The van der Waals surface area contributed by atoms with Crippen LogP contribution in [0.15, 0.2) is 30.3 Å². The number of nitrogens with zero attached hydrogens (tertiary/aromatic N) is 1. The lowest BCUT2D eigenvalue weighted by atomic mass is 9.94. The molecule has 2 rings (SSSR count). The van der Waals surface area contributed by atoms with E-state index < -0.39 is 0 Å². The predicted octanol–water partition coefficient (Wildman–Crippen LogP) is 1.16. The van der Waals surface area contributed by atoms with E-state index >= 15 is 0 Å². The van der Waals surface area contributed by atoms with Crippen molar-refractivity contribution < 1.29 is 9.90 Å². The molecule has 1 aliphatic rings. The van der Waals surface area contributed by atoms with Crippen LogP contribution in [0.25, 0.3) is 0 Å². The molecule has 1 fully saturated rings. The van der Waals surface area contributed by atoms with Crippen LogP contribution in [0.5, 0.6) is 0 Å². The molecule has 3 unspecified atom stereocenters. The minimum absolute atomic E-state index is 0.0901. The molecule has 4 nitrogen and oxygen atoms in total. The Labute approximate surface area is 114 Å². The van der Waals surface area contributed by atoms with Crippen molar-refractivity contribution in [3.8, 4) is 0 Å². The van der Waals surface area contributed by atoms with Gasteiger partial charge in [0.1, 0.15) is 0 Å². The van der Waals surface area contributed by atoms with E-state index in [0.29, 0.717) is 6.54 Å². The lowest BCUT2D eigenvalue weighted by molar-refractivity contribution is -0.134. The standard InChI is InChI=1S/C15H22N2O2/c1-11(14(16)13-5-3-2-4-6-13)15(19)17-8-7-12(9-17)10-18/h2-6,11-12,14,18H,7-10,16H2,1H3. The highest BCUT2D eigenvalue weighted by atomic mass is 16.3. The topological polar surface area (TPSA) is 66.6 Å². The maximum atomic E-state index is 12.4. The van der Waals surface area contributed by atoms with Crippen LogP contribution in [-0.4, -0.2) is 35.6 Å². The first-order valence-electron chi connectivity index (χ1n) is 6.83. The Hall–Kier alpha value is -1.39. The first-order valence-corrected chi connectivity index (χ1v) is 6.83. The molecule has 0 aliphatic carbocycles. The second-order valence-electron chi connectivity index (χ2n) is 5.35. The summed E-state index contributed by atoms with van der Waals surface area (Å²) in [7, 11) is 0. The van der Waals surface area contributed by atoms with Crippen LogP contribution in [0.4, 0.5) is 0 Å². The maximum Gasteiger partial charge on any atom is 0.227 e. The smallest absolute Gasteiger partial charge is 0.227 e. The lowest BCUT2D eigenvalue weighted by Crippen LogP contribution is -2.38. The van der Waals surface area contributed by atoms with E-state index in [9.17, 15) is 4.79 Å². The minimum atomic E-state index is -0.276. The SMILES string of the molecule is CC(C(=O)N1CCC(CO)C1)C(N)c1ccccc1. The normalized spacial score (nSPS) is 22.3. The van der Waals surface area contributed by atoms with Gasteiger partial charge in [0.15, 0.2) is 0 Å². The summed E-state index contributed by atoms with van der Waals surface area (Å²) in [5, 5.41) is 9.13. The molecule has 3 N–H and O–H groups in total. The molecule has 0 bridgehead atoms. The number of carbonyl (C=O) groups excluding carboxylic acids is 1. The number of hydrogen-bond donors (Lipinski definition) is 2. The molecular weight excluding hydrogens is 240 g/mol. The van der Waals surface area contributed by atoms with Crippen LogP contribution in [0.2, 0.25) is 0 Å². The molecule has 1 saturated heterocycles. The van der Waals surface area contributed by atoms with Gasteiger partial charge in [-0.15, -0.1) is 0 Å². The van der Waals surface area contributed by atoms with Crippen molar-refractivity contribution in [1.29, 1.82) is 0 Å². The zero-order valence-corrected chi connectivity index (χ0v) is 11.3. The Morgan fingerprint density at radius 2 is 2.16 bits per heavy atom. The van der Waals surface area contributed by atoms with Crippen molar-refractivity contribution in [1.82, 2.24) is 4.90 Å². The molecule has 1 aromatic carbocycles. The van der Waals surface area contributed by atoms with E-state index in [1.165, 1.54) is 0 Å². The first-order chi connectivity index (χ1) is 9.13. The van der Waals surface area contributed by atoms with Crippen LogP contribution in [0.3, 0.4) is 0 Å². The summed E-state index contributed by atoms with van der Waals surface area (Å²) in [5.41, 5.74) is 7.16. The highest BCUT2D eigenvalue weighted by molar-refractivity contribution is 5.79. The average Bonchev–Trinajstić information content (AvgIpc) is 2.94. The molecule has 3 atom stereocenters. The van der Waals surface area contributed by atoms with Crippen molar-refractivity contribution in [2.75, 3.05) is 19.7 Å². The largest absolute Gasteiger partial charge is 0.396 e. The lowest BCUT2D eigenvalue weighted by Gasteiger charge is -2.25. The van der Waals surface area contributed by atoms with E-state index in [4.69, 9.17) is 10.8 Å². The number of hydrogen-bond acceptors (Lipinski definition) is 3. The zero-order valence-electron chi connectivity index (χ0n) is 11.3. The number of amides is 1. The summed E-state index contributed by atoms with van der Waals surface area (Å²) in [6.45, 7) is 3.42.